The van der Waals surface area contributed by atoms with E-state index in [-0.39, 0.29) is 24.5 Å². The molecule has 0 aromatic heterocycles. The van der Waals surface area contributed by atoms with Crippen molar-refractivity contribution in [3.63, 3.8) is 0 Å². The fourth-order valence-corrected chi connectivity index (χ4v) is 5.34. The number of anilines is 1. The second-order valence-electron chi connectivity index (χ2n) is 10.4. The van der Waals surface area contributed by atoms with Crippen molar-refractivity contribution in [2.45, 2.75) is 71.8 Å². The van der Waals surface area contributed by atoms with Crippen molar-refractivity contribution in [3.05, 3.63) is 58.7 Å². The number of carbonyl (C=O) groups excluding carboxylic acids is 1. The van der Waals surface area contributed by atoms with E-state index in [9.17, 15) is 9.90 Å². The number of nitrogens with zero attached hydrogens (tertiary/aromatic N) is 2. The summed E-state index contributed by atoms with van der Waals surface area (Å²) in [4.78, 5) is 17.6. The number of aliphatic hydroxyl groups excluding tert-OH is 1. The molecule has 1 aliphatic carbocycles. The molecular formula is C29H41N3O3. The van der Waals surface area contributed by atoms with E-state index in [1.165, 1.54) is 11.1 Å². The second-order valence-corrected chi connectivity index (χ2v) is 10.4. The molecule has 2 aromatic rings. The Kier molecular flexibility index (Phi) is 8.47. The summed E-state index contributed by atoms with van der Waals surface area (Å²) in [5.74, 6) is 1.08. The number of carbonyl (C=O) groups is 1. The number of nitrogens with one attached hydrogen (secondary N) is 1. The average molecular weight is 480 g/mol. The van der Waals surface area contributed by atoms with Gasteiger partial charge in [0.1, 0.15) is 5.75 Å². The van der Waals surface area contributed by atoms with Crippen LogP contribution in [0.3, 0.4) is 0 Å². The van der Waals surface area contributed by atoms with Crippen molar-refractivity contribution in [2.24, 2.45) is 5.92 Å². The third-order valence-corrected chi connectivity index (χ3v) is 7.64. The lowest BCUT2D eigenvalue weighted by Gasteiger charge is -2.33. The van der Waals surface area contributed by atoms with E-state index in [2.05, 4.69) is 42.3 Å². The first-order valence-corrected chi connectivity index (χ1v) is 13.0. The molecule has 6 nitrogen and oxygen atoms in total. The number of piperazine rings is 1. The Labute approximate surface area is 210 Å². The van der Waals surface area contributed by atoms with Crippen molar-refractivity contribution in [3.8, 4) is 5.75 Å². The van der Waals surface area contributed by atoms with Gasteiger partial charge >= 0.3 is 0 Å². The van der Waals surface area contributed by atoms with Gasteiger partial charge in [0, 0.05) is 50.9 Å². The third kappa shape index (κ3) is 6.43. The molecule has 1 saturated carbocycles. The molecule has 1 saturated heterocycles. The Balaban J connectivity index is 1.31. The lowest BCUT2D eigenvalue weighted by molar-refractivity contribution is -0.123. The maximum absolute atomic E-state index is 13.3. The van der Waals surface area contributed by atoms with Crippen molar-refractivity contribution in [2.75, 3.05) is 31.6 Å². The molecule has 4 rings (SSSR count). The van der Waals surface area contributed by atoms with Gasteiger partial charge in [0.15, 0.2) is 0 Å². The first kappa shape index (κ1) is 25.7. The fraction of sp³-hybridized carbons (Fsp3) is 0.552. The minimum absolute atomic E-state index is 0.0135. The zero-order valence-electron chi connectivity index (χ0n) is 21.7. The van der Waals surface area contributed by atoms with Crippen LogP contribution in [0.25, 0.3) is 0 Å². The number of rotatable bonds is 7. The predicted molar refractivity (Wildman–Crippen MR) is 141 cm³/mol. The maximum Gasteiger partial charge on any atom is 0.229 e. The normalized spacial score (nSPS) is 23.2. The van der Waals surface area contributed by atoms with Gasteiger partial charge in [-0.25, -0.2) is 0 Å². The number of ether oxygens (including phenoxy) is 1. The molecule has 190 valence electrons. The van der Waals surface area contributed by atoms with Gasteiger partial charge in [0.05, 0.1) is 12.7 Å². The fourth-order valence-electron chi connectivity index (χ4n) is 5.34. The van der Waals surface area contributed by atoms with Crippen molar-refractivity contribution in [1.82, 2.24) is 10.2 Å². The highest BCUT2D eigenvalue weighted by Crippen LogP contribution is 2.32. The summed E-state index contributed by atoms with van der Waals surface area (Å²) in [5, 5.41) is 12.9. The number of aliphatic hydroxyl groups is 1. The van der Waals surface area contributed by atoms with E-state index in [1.807, 2.05) is 37.1 Å². The zero-order valence-corrected chi connectivity index (χ0v) is 21.7. The molecule has 0 radical (unpaired) electrons. The molecule has 0 spiro atoms. The molecule has 2 N–H and O–H groups in total. The summed E-state index contributed by atoms with van der Waals surface area (Å²) in [6.45, 7) is 10.6. The van der Waals surface area contributed by atoms with Crippen LogP contribution in [0.1, 0.15) is 54.9 Å². The summed E-state index contributed by atoms with van der Waals surface area (Å²) >= 11 is 0. The molecule has 2 aliphatic rings. The van der Waals surface area contributed by atoms with Crippen LogP contribution in [0.2, 0.25) is 0 Å². The number of amides is 1. The van der Waals surface area contributed by atoms with Gasteiger partial charge in [-0.15, -0.1) is 0 Å². The van der Waals surface area contributed by atoms with Crippen LogP contribution in [0.4, 0.5) is 5.69 Å². The van der Waals surface area contributed by atoms with Crippen molar-refractivity contribution < 1.29 is 14.6 Å². The molecule has 0 unspecified atom stereocenters. The molecule has 6 heteroatoms. The summed E-state index contributed by atoms with van der Waals surface area (Å²) in [5.41, 5.74) is 5.48. The van der Waals surface area contributed by atoms with Gasteiger partial charge in [-0.2, -0.15) is 0 Å². The average Bonchev–Trinajstić information content (AvgIpc) is 2.86. The van der Waals surface area contributed by atoms with Crippen LogP contribution < -0.4 is 15.0 Å². The van der Waals surface area contributed by atoms with E-state index in [0.717, 1.165) is 74.4 Å². The Morgan fingerprint density at radius 2 is 1.89 bits per heavy atom. The van der Waals surface area contributed by atoms with Gasteiger partial charge in [0.25, 0.3) is 0 Å². The van der Waals surface area contributed by atoms with E-state index >= 15 is 0 Å². The summed E-state index contributed by atoms with van der Waals surface area (Å²) in [7, 11) is 1.90. The Morgan fingerprint density at radius 1 is 1.11 bits per heavy atom. The van der Waals surface area contributed by atoms with Gasteiger partial charge in [-0.3, -0.25) is 9.69 Å². The van der Waals surface area contributed by atoms with Crippen LogP contribution >= 0.6 is 0 Å². The number of benzene rings is 2. The standard InChI is InChI=1S/C29H41N3O3/c1-20-5-6-23(19-33)16-28(20)35-27-11-8-24(9-12-27)29(34)31(4)26-10-7-25(21(2)15-26)18-32-14-13-30-22(3)17-32/h5-7,10,15-16,22,24,27,30,33H,8-9,11-14,17-19H2,1-4H3/t22-,24?,27?/m0/s1. The largest absolute Gasteiger partial charge is 0.490 e. The molecule has 1 aliphatic heterocycles. The van der Waals surface area contributed by atoms with Gasteiger partial charge in [-0.1, -0.05) is 18.2 Å². The minimum Gasteiger partial charge on any atom is -0.490 e. The van der Waals surface area contributed by atoms with E-state index in [0.29, 0.717) is 6.04 Å². The van der Waals surface area contributed by atoms with E-state index in [4.69, 9.17) is 4.74 Å². The molecule has 1 atom stereocenters. The smallest absolute Gasteiger partial charge is 0.229 e. The SMILES string of the molecule is Cc1cc(N(C)C(=O)C2CCC(Oc3cc(CO)ccc3C)CC2)ccc1CN1CCN[C@@H](C)C1. The van der Waals surface area contributed by atoms with Crippen LogP contribution in [-0.4, -0.2) is 54.7 Å². The summed E-state index contributed by atoms with van der Waals surface area (Å²) < 4.78 is 6.26. The number of hydrogen-bond donors (Lipinski definition) is 2. The monoisotopic (exact) mass is 479 g/mol. The van der Waals surface area contributed by atoms with Gasteiger partial charge in [0.2, 0.25) is 5.91 Å². The summed E-state index contributed by atoms with van der Waals surface area (Å²) in [6.07, 6.45) is 3.53. The molecule has 2 fully saturated rings. The highest BCUT2D eigenvalue weighted by Gasteiger charge is 2.30. The summed E-state index contributed by atoms with van der Waals surface area (Å²) in [6, 6.07) is 12.8. The van der Waals surface area contributed by atoms with Crippen LogP contribution in [0.5, 0.6) is 5.75 Å². The first-order valence-electron chi connectivity index (χ1n) is 13.0. The highest BCUT2D eigenvalue weighted by atomic mass is 16.5. The van der Waals surface area contributed by atoms with Crippen LogP contribution in [-0.2, 0) is 17.9 Å². The third-order valence-electron chi connectivity index (χ3n) is 7.64. The van der Waals surface area contributed by atoms with Gasteiger partial charge in [-0.05, 0) is 86.9 Å². The minimum atomic E-state index is 0.0135. The predicted octanol–water partition coefficient (Wildman–Crippen LogP) is 4.19. The van der Waals surface area contributed by atoms with Crippen molar-refractivity contribution in [1.29, 1.82) is 0 Å². The molecule has 1 heterocycles. The van der Waals surface area contributed by atoms with Crippen molar-refractivity contribution >= 4 is 11.6 Å². The lowest BCUT2D eigenvalue weighted by Crippen LogP contribution is -2.48. The Bertz CT molecular complexity index is 1020. The molecular weight excluding hydrogens is 438 g/mol. The number of aryl methyl sites for hydroxylation is 2. The highest BCUT2D eigenvalue weighted by molar-refractivity contribution is 5.94. The molecule has 35 heavy (non-hydrogen) atoms. The topological polar surface area (TPSA) is 65.0 Å². The molecule has 1 amide bonds. The van der Waals surface area contributed by atoms with Crippen LogP contribution in [0.15, 0.2) is 36.4 Å². The maximum atomic E-state index is 13.3. The zero-order chi connectivity index (χ0) is 24.9. The Hall–Kier alpha value is -2.41. The van der Waals surface area contributed by atoms with Gasteiger partial charge < -0.3 is 20.1 Å². The van der Waals surface area contributed by atoms with E-state index in [1.54, 1.807) is 0 Å². The second kappa shape index (κ2) is 11.5. The van der Waals surface area contributed by atoms with E-state index < -0.39 is 0 Å². The molecule has 0 bridgehead atoms. The quantitative estimate of drug-likeness (QED) is 0.624. The van der Waals surface area contributed by atoms with Crippen LogP contribution in [0, 0.1) is 19.8 Å². The number of hydrogen-bond acceptors (Lipinski definition) is 5. The first-order chi connectivity index (χ1) is 16.8. The lowest BCUT2D eigenvalue weighted by atomic mass is 9.86. The molecule has 2 aromatic carbocycles. The Morgan fingerprint density at radius 3 is 2.57 bits per heavy atom.